The molecule has 0 aliphatic heterocycles. The summed E-state index contributed by atoms with van der Waals surface area (Å²) in [6.07, 6.45) is 2.00. The first kappa shape index (κ1) is 14.2. The van der Waals surface area contributed by atoms with Crippen LogP contribution in [0.3, 0.4) is 0 Å². The summed E-state index contributed by atoms with van der Waals surface area (Å²) in [5.74, 6) is 0. The van der Waals surface area contributed by atoms with Gasteiger partial charge in [-0.3, -0.25) is 0 Å². The third kappa shape index (κ3) is 4.12. The summed E-state index contributed by atoms with van der Waals surface area (Å²) in [4.78, 5) is 2.57. The highest BCUT2D eigenvalue weighted by atomic mass is 32.2. The Kier molecular flexibility index (Phi) is 5.06. The van der Waals surface area contributed by atoms with E-state index in [0.29, 0.717) is 0 Å². The molecule has 0 bridgehead atoms. The van der Waals surface area contributed by atoms with Gasteiger partial charge in [0.2, 0.25) is 0 Å². The van der Waals surface area contributed by atoms with E-state index in [-0.39, 0.29) is 6.04 Å². The Morgan fingerprint density at radius 2 is 1.79 bits per heavy atom. The van der Waals surface area contributed by atoms with Crippen molar-refractivity contribution in [3.8, 4) is 0 Å². The van der Waals surface area contributed by atoms with Crippen LogP contribution in [-0.4, -0.2) is 6.04 Å². The minimum absolute atomic E-state index is 0.270. The molecular formula is C17H21NS. The molecule has 19 heavy (non-hydrogen) atoms. The summed E-state index contributed by atoms with van der Waals surface area (Å²) >= 11 is 1.80. The van der Waals surface area contributed by atoms with E-state index in [1.165, 1.54) is 20.9 Å². The third-order valence-corrected chi connectivity index (χ3v) is 4.30. The Labute approximate surface area is 120 Å². The van der Waals surface area contributed by atoms with Gasteiger partial charge in [0.15, 0.2) is 0 Å². The van der Waals surface area contributed by atoms with Crippen LogP contribution < -0.4 is 5.73 Å². The fraction of sp³-hybridized carbons (Fsp3) is 0.294. The van der Waals surface area contributed by atoms with E-state index in [4.69, 9.17) is 5.73 Å². The van der Waals surface area contributed by atoms with Gasteiger partial charge < -0.3 is 5.73 Å². The van der Waals surface area contributed by atoms with Crippen LogP contribution in [0.2, 0.25) is 0 Å². The van der Waals surface area contributed by atoms with Gasteiger partial charge in [0, 0.05) is 15.8 Å². The quantitative estimate of drug-likeness (QED) is 0.870. The van der Waals surface area contributed by atoms with E-state index in [1.54, 1.807) is 11.8 Å². The maximum atomic E-state index is 6.03. The smallest absolute Gasteiger partial charge is 0.0125 e. The maximum absolute atomic E-state index is 6.03. The molecule has 1 unspecified atom stereocenters. The highest BCUT2D eigenvalue weighted by molar-refractivity contribution is 7.99. The first-order valence-electron chi connectivity index (χ1n) is 6.77. The second-order valence-corrected chi connectivity index (χ2v) is 6.02. The van der Waals surface area contributed by atoms with E-state index in [2.05, 4.69) is 56.3 Å². The van der Waals surface area contributed by atoms with Crippen molar-refractivity contribution in [3.05, 3.63) is 59.7 Å². The van der Waals surface area contributed by atoms with Crippen molar-refractivity contribution in [2.45, 2.75) is 42.5 Å². The van der Waals surface area contributed by atoms with Crippen molar-refractivity contribution < 1.29 is 0 Å². The molecule has 0 spiro atoms. The fourth-order valence-corrected chi connectivity index (χ4v) is 2.95. The normalized spacial score (nSPS) is 12.4. The third-order valence-electron chi connectivity index (χ3n) is 3.30. The van der Waals surface area contributed by atoms with Crippen LogP contribution in [0, 0.1) is 6.92 Å². The molecule has 2 rings (SSSR count). The average Bonchev–Trinajstić information content (AvgIpc) is 2.43. The van der Waals surface area contributed by atoms with Crippen molar-refractivity contribution in [2.75, 3.05) is 0 Å². The molecule has 2 heteroatoms. The highest BCUT2D eigenvalue weighted by Gasteiger charge is 2.06. The zero-order valence-electron chi connectivity index (χ0n) is 11.6. The molecule has 2 aromatic carbocycles. The van der Waals surface area contributed by atoms with Crippen molar-refractivity contribution in [2.24, 2.45) is 5.73 Å². The van der Waals surface area contributed by atoms with Gasteiger partial charge in [0.1, 0.15) is 0 Å². The minimum atomic E-state index is 0.270. The lowest BCUT2D eigenvalue weighted by molar-refractivity contribution is 0.644. The Morgan fingerprint density at radius 1 is 1.05 bits per heavy atom. The first-order chi connectivity index (χ1) is 9.19. The van der Waals surface area contributed by atoms with E-state index in [0.717, 1.165) is 12.8 Å². The van der Waals surface area contributed by atoms with E-state index in [1.807, 2.05) is 6.07 Å². The summed E-state index contributed by atoms with van der Waals surface area (Å²) in [6.45, 7) is 4.31. The Bertz CT molecular complexity index is 522. The first-order valence-corrected chi connectivity index (χ1v) is 7.58. The Balaban J connectivity index is 2.10. The molecule has 0 aliphatic carbocycles. The standard InChI is InChI=1S/C17H21NS/c1-3-15(18)12-14-9-10-17(11-13(14)2)19-16-7-5-4-6-8-16/h4-11,15H,3,12,18H2,1-2H3. The van der Waals surface area contributed by atoms with Gasteiger partial charge in [-0.1, -0.05) is 43.0 Å². The van der Waals surface area contributed by atoms with Crippen molar-refractivity contribution in [1.29, 1.82) is 0 Å². The largest absolute Gasteiger partial charge is 0.327 e. The molecule has 0 aliphatic rings. The van der Waals surface area contributed by atoms with Crippen LogP contribution in [0.1, 0.15) is 24.5 Å². The number of benzene rings is 2. The molecule has 0 fully saturated rings. The number of aryl methyl sites for hydroxylation is 1. The van der Waals surface area contributed by atoms with Crippen LogP contribution in [0.15, 0.2) is 58.3 Å². The number of hydrogen-bond acceptors (Lipinski definition) is 2. The lowest BCUT2D eigenvalue weighted by atomic mass is 10.0. The molecule has 0 radical (unpaired) electrons. The second kappa shape index (κ2) is 6.78. The molecule has 0 saturated carbocycles. The van der Waals surface area contributed by atoms with Crippen LogP contribution in [0.5, 0.6) is 0 Å². The molecule has 0 amide bonds. The molecule has 2 aromatic rings. The lowest BCUT2D eigenvalue weighted by Gasteiger charge is -2.12. The van der Waals surface area contributed by atoms with Crippen LogP contribution >= 0.6 is 11.8 Å². The van der Waals surface area contributed by atoms with Gasteiger partial charge in [-0.2, -0.15) is 0 Å². The summed E-state index contributed by atoms with van der Waals surface area (Å²) < 4.78 is 0. The molecule has 2 N–H and O–H groups in total. The molecule has 0 aromatic heterocycles. The molecule has 1 nitrogen and oxygen atoms in total. The van der Waals surface area contributed by atoms with E-state index in [9.17, 15) is 0 Å². The molecule has 0 saturated heterocycles. The zero-order valence-corrected chi connectivity index (χ0v) is 12.4. The van der Waals surface area contributed by atoms with Crippen molar-refractivity contribution in [1.82, 2.24) is 0 Å². The van der Waals surface area contributed by atoms with Crippen molar-refractivity contribution in [3.63, 3.8) is 0 Å². The van der Waals surface area contributed by atoms with Gasteiger partial charge in [-0.25, -0.2) is 0 Å². The van der Waals surface area contributed by atoms with Gasteiger partial charge >= 0.3 is 0 Å². The monoisotopic (exact) mass is 271 g/mol. The average molecular weight is 271 g/mol. The zero-order chi connectivity index (χ0) is 13.7. The summed E-state index contributed by atoms with van der Waals surface area (Å²) in [7, 11) is 0. The van der Waals surface area contributed by atoms with E-state index >= 15 is 0 Å². The molecular weight excluding hydrogens is 250 g/mol. The molecule has 0 heterocycles. The summed E-state index contributed by atoms with van der Waals surface area (Å²) in [6, 6.07) is 17.4. The van der Waals surface area contributed by atoms with Crippen LogP contribution in [0.25, 0.3) is 0 Å². The second-order valence-electron chi connectivity index (χ2n) is 4.88. The Morgan fingerprint density at radius 3 is 2.42 bits per heavy atom. The maximum Gasteiger partial charge on any atom is 0.0125 e. The predicted molar refractivity (Wildman–Crippen MR) is 83.7 cm³/mol. The van der Waals surface area contributed by atoms with Crippen molar-refractivity contribution >= 4 is 11.8 Å². The van der Waals surface area contributed by atoms with Crippen LogP contribution in [0.4, 0.5) is 0 Å². The molecule has 100 valence electrons. The highest BCUT2D eigenvalue weighted by Crippen LogP contribution is 2.29. The minimum Gasteiger partial charge on any atom is -0.327 e. The lowest BCUT2D eigenvalue weighted by Crippen LogP contribution is -2.21. The molecule has 1 atom stereocenters. The number of rotatable bonds is 5. The SMILES string of the molecule is CCC(N)Cc1ccc(Sc2ccccc2)cc1C. The van der Waals surface area contributed by atoms with Gasteiger partial charge in [-0.05, 0) is 55.2 Å². The summed E-state index contributed by atoms with van der Waals surface area (Å²) in [5.41, 5.74) is 8.74. The fourth-order valence-electron chi connectivity index (χ4n) is 2.01. The van der Waals surface area contributed by atoms with E-state index < -0.39 is 0 Å². The van der Waals surface area contributed by atoms with Crippen LogP contribution in [-0.2, 0) is 6.42 Å². The van der Waals surface area contributed by atoms with Gasteiger partial charge in [-0.15, -0.1) is 0 Å². The number of hydrogen-bond donors (Lipinski definition) is 1. The summed E-state index contributed by atoms with van der Waals surface area (Å²) in [5, 5.41) is 0. The Hall–Kier alpha value is -1.25. The van der Waals surface area contributed by atoms with Gasteiger partial charge in [0.25, 0.3) is 0 Å². The topological polar surface area (TPSA) is 26.0 Å². The van der Waals surface area contributed by atoms with Gasteiger partial charge in [0.05, 0.1) is 0 Å². The number of nitrogens with two attached hydrogens (primary N) is 1. The predicted octanol–water partition coefficient (Wildman–Crippen LogP) is 4.43.